The van der Waals surface area contributed by atoms with Gasteiger partial charge in [0.2, 0.25) is 0 Å². The van der Waals surface area contributed by atoms with Crippen molar-refractivity contribution in [2.75, 3.05) is 13.2 Å². The van der Waals surface area contributed by atoms with Crippen molar-refractivity contribution in [2.24, 2.45) is 0 Å². The maximum absolute atomic E-state index is 12.5. The molecule has 0 aliphatic carbocycles. The summed E-state index contributed by atoms with van der Waals surface area (Å²) in [6.07, 6.45) is 1.81. The van der Waals surface area contributed by atoms with Gasteiger partial charge in [-0.05, 0) is 38.8 Å². The fourth-order valence-electron chi connectivity index (χ4n) is 2.95. The molecule has 1 unspecified atom stereocenters. The first-order chi connectivity index (χ1) is 11.5. The Kier molecular flexibility index (Phi) is 4.64. The lowest BCUT2D eigenvalue weighted by molar-refractivity contribution is -0.134. The number of hydrogen-bond acceptors (Lipinski definition) is 5. The molecule has 1 fully saturated rings. The van der Waals surface area contributed by atoms with Crippen molar-refractivity contribution in [1.29, 1.82) is 0 Å². The Morgan fingerprint density at radius 2 is 2.21 bits per heavy atom. The average Bonchev–Trinajstić information content (AvgIpc) is 3.21. The second-order valence-corrected chi connectivity index (χ2v) is 5.98. The highest BCUT2D eigenvalue weighted by Crippen LogP contribution is 2.31. The summed E-state index contributed by atoms with van der Waals surface area (Å²) in [5, 5.41) is 4.03. The minimum absolute atomic E-state index is 0.0345. The molecule has 0 bridgehead atoms. The Morgan fingerprint density at radius 1 is 1.38 bits per heavy atom. The van der Waals surface area contributed by atoms with E-state index in [4.69, 9.17) is 9.26 Å². The molecule has 3 rings (SSSR count). The van der Waals surface area contributed by atoms with Gasteiger partial charge in [-0.25, -0.2) is 0 Å². The molecule has 6 nitrogen and oxygen atoms in total. The maximum atomic E-state index is 12.5. The fourth-order valence-corrected chi connectivity index (χ4v) is 2.95. The SMILES string of the molecule is CC(=O)c1cccc(OCC(=O)N2CCCC2c2cc(C)on2)c1. The van der Waals surface area contributed by atoms with Gasteiger partial charge in [0, 0.05) is 18.2 Å². The van der Waals surface area contributed by atoms with Crippen molar-refractivity contribution >= 4 is 11.7 Å². The van der Waals surface area contributed by atoms with E-state index in [0.29, 0.717) is 17.9 Å². The highest BCUT2D eigenvalue weighted by Gasteiger charge is 2.32. The van der Waals surface area contributed by atoms with Crippen LogP contribution in [0.4, 0.5) is 0 Å². The first-order valence-corrected chi connectivity index (χ1v) is 8.01. The number of nitrogens with zero attached hydrogens (tertiary/aromatic N) is 2. The van der Waals surface area contributed by atoms with Crippen LogP contribution >= 0.6 is 0 Å². The van der Waals surface area contributed by atoms with E-state index in [2.05, 4.69) is 5.16 Å². The normalized spacial score (nSPS) is 17.1. The van der Waals surface area contributed by atoms with Crippen molar-refractivity contribution < 1.29 is 18.8 Å². The predicted molar refractivity (Wildman–Crippen MR) is 86.9 cm³/mol. The summed E-state index contributed by atoms with van der Waals surface area (Å²) in [7, 11) is 0. The number of aryl methyl sites for hydroxylation is 1. The average molecular weight is 328 g/mol. The molecule has 0 radical (unpaired) electrons. The summed E-state index contributed by atoms with van der Waals surface area (Å²) in [6.45, 7) is 3.96. The number of carbonyl (C=O) groups is 2. The highest BCUT2D eigenvalue weighted by atomic mass is 16.5. The van der Waals surface area contributed by atoms with Gasteiger partial charge in [-0.3, -0.25) is 9.59 Å². The largest absolute Gasteiger partial charge is 0.484 e. The molecule has 6 heteroatoms. The minimum atomic E-state index is -0.0913. The van der Waals surface area contributed by atoms with Gasteiger partial charge in [0.25, 0.3) is 5.91 Å². The molecule has 1 atom stereocenters. The summed E-state index contributed by atoms with van der Waals surface area (Å²) < 4.78 is 10.7. The first-order valence-electron chi connectivity index (χ1n) is 8.01. The third-order valence-electron chi connectivity index (χ3n) is 4.16. The number of Topliss-reactive ketones (excluding diaryl/α,β-unsaturated/α-hetero) is 1. The van der Waals surface area contributed by atoms with Crippen LogP contribution in [-0.2, 0) is 4.79 Å². The molecular weight excluding hydrogens is 308 g/mol. The third kappa shape index (κ3) is 3.48. The Hall–Kier alpha value is -2.63. The van der Waals surface area contributed by atoms with Crippen LogP contribution < -0.4 is 4.74 Å². The van der Waals surface area contributed by atoms with Crippen molar-refractivity contribution in [2.45, 2.75) is 32.7 Å². The number of rotatable bonds is 5. The lowest BCUT2D eigenvalue weighted by Crippen LogP contribution is -2.34. The molecule has 126 valence electrons. The van der Waals surface area contributed by atoms with Crippen molar-refractivity contribution in [3.63, 3.8) is 0 Å². The zero-order valence-electron chi connectivity index (χ0n) is 13.8. The molecule has 24 heavy (non-hydrogen) atoms. The molecular formula is C18H20N2O4. The standard InChI is InChI=1S/C18H20N2O4/c1-12-9-16(19-24-12)17-7-4-8-20(17)18(22)11-23-15-6-3-5-14(10-15)13(2)21/h3,5-6,9-10,17H,4,7-8,11H2,1-2H3. The highest BCUT2D eigenvalue weighted by molar-refractivity contribution is 5.94. The third-order valence-corrected chi connectivity index (χ3v) is 4.16. The smallest absolute Gasteiger partial charge is 0.261 e. The molecule has 1 amide bonds. The second-order valence-electron chi connectivity index (χ2n) is 5.98. The minimum Gasteiger partial charge on any atom is -0.484 e. The number of aromatic nitrogens is 1. The molecule has 1 aliphatic rings. The maximum Gasteiger partial charge on any atom is 0.261 e. The van der Waals surface area contributed by atoms with Gasteiger partial charge >= 0.3 is 0 Å². The molecule has 1 aromatic carbocycles. The van der Waals surface area contributed by atoms with Crippen LogP contribution in [0.2, 0.25) is 0 Å². The number of ketones is 1. The van der Waals surface area contributed by atoms with Crippen LogP contribution in [-0.4, -0.2) is 34.9 Å². The number of likely N-dealkylation sites (tertiary alicyclic amines) is 1. The number of ether oxygens (including phenoxy) is 1. The Morgan fingerprint density at radius 3 is 2.92 bits per heavy atom. The Bertz CT molecular complexity index is 753. The zero-order valence-corrected chi connectivity index (χ0v) is 13.8. The molecule has 1 aromatic heterocycles. The van der Waals surface area contributed by atoms with E-state index < -0.39 is 0 Å². The summed E-state index contributed by atoms with van der Waals surface area (Å²) in [5.41, 5.74) is 1.36. The van der Waals surface area contributed by atoms with Gasteiger partial charge in [0.15, 0.2) is 12.4 Å². The summed E-state index contributed by atoms with van der Waals surface area (Å²) in [5.74, 6) is 1.13. The van der Waals surface area contributed by atoms with Crippen LogP contribution in [0.15, 0.2) is 34.9 Å². The van der Waals surface area contributed by atoms with Gasteiger partial charge < -0.3 is 14.2 Å². The molecule has 0 saturated carbocycles. The lowest BCUT2D eigenvalue weighted by atomic mass is 10.1. The van der Waals surface area contributed by atoms with Crippen LogP contribution in [0.3, 0.4) is 0 Å². The van der Waals surface area contributed by atoms with Crippen LogP contribution in [0, 0.1) is 6.92 Å². The van der Waals surface area contributed by atoms with Gasteiger partial charge in [-0.15, -0.1) is 0 Å². The molecule has 0 spiro atoms. The molecule has 1 aliphatic heterocycles. The zero-order chi connectivity index (χ0) is 17.1. The molecule has 2 aromatic rings. The number of benzene rings is 1. The van der Waals surface area contributed by atoms with Crippen molar-refractivity contribution in [1.82, 2.24) is 10.1 Å². The second kappa shape index (κ2) is 6.86. The quantitative estimate of drug-likeness (QED) is 0.789. The van der Waals surface area contributed by atoms with Crippen LogP contribution in [0.1, 0.15) is 47.6 Å². The first kappa shape index (κ1) is 16.2. The Labute approximate surface area is 140 Å². The van der Waals surface area contributed by atoms with Crippen molar-refractivity contribution in [3.8, 4) is 5.75 Å². The van der Waals surface area contributed by atoms with Gasteiger partial charge in [0.1, 0.15) is 17.2 Å². The van der Waals surface area contributed by atoms with E-state index in [9.17, 15) is 9.59 Å². The number of amides is 1. The predicted octanol–water partition coefficient (Wildman–Crippen LogP) is 2.93. The Balaban J connectivity index is 1.64. The summed E-state index contributed by atoms with van der Waals surface area (Å²) >= 11 is 0. The van der Waals surface area contributed by atoms with E-state index >= 15 is 0 Å². The number of carbonyl (C=O) groups excluding carboxylic acids is 2. The van der Waals surface area contributed by atoms with E-state index in [0.717, 1.165) is 24.3 Å². The molecule has 0 N–H and O–H groups in total. The van der Waals surface area contributed by atoms with Gasteiger partial charge in [-0.1, -0.05) is 17.3 Å². The van der Waals surface area contributed by atoms with Gasteiger partial charge in [-0.2, -0.15) is 0 Å². The topological polar surface area (TPSA) is 72.6 Å². The fraction of sp³-hybridized carbons (Fsp3) is 0.389. The monoisotopic (exact) mass is 328 g/mol. The molecule has 2 heterocycles. The van der Waals surface area contributed by atoms with E-state index in [-0.39, 0.29) is 24.3 Å². The molecule has 1 saturated heterocycles. The van der Waals surface area contributed by atoms with Crippen LogP contribution in [0.25, 0.3) is 0 Å². The van der Waals surface area contributed by atoms with E-state index in [1.54, 1.807) is 29.2 Å². The van der Waals surface area contributed by atoms with Crippen molar-refractivity contribution in [3.05, 3.63) is 47.3 Å². The summed E-state index contributed by atoms with van der Waals surface area (Å²) in [4.78, 5) is 25.7. The summed E-state index contributed by atoms with van der Waals surface area (Å²) in [6, 6.07) is 8.67. The number of hydrogen-bond donors (Lipinski definition) is 0. The van der Waals surface area contributed by atoms with E-state index in [1.807, 2.05) is 13.0 Å². The van der Waals surface area contributed by atoms with E-state index in [1.165, 1.54) is 6.92 Å². The van der Waals surface area contributed by atoms with Crippen LogP contribution in [0.5, 0.6) is 5.75 Å². The van der Waals surface area contributed by atoms with Gasteiger partial charge in [0.05, 0.1) is 6.04 Å². The lowest BCUT2D eigenvalue weighted by Gasteiger charge is -2.23.